The molecule has 3 rings (SSSR count). The summed E-state index contributed by atoms with van der Waals surface area (Å²) in [7, 11) is 1.30. The van der Waals surface area contributed by atoms with E-state index in [1.165, 1.54) is 12.0 Å². The molecule has 0 unspecified atom stereocenters. The zero-order chi connectivity index (χ0) is 18.7. The Balaban J connectivity index is 1.72. The molecule has 140 valence electrons. The van der Waals surface area contributed by atoms with E-state index in [1.54, 1.807) is 13.8 Å². The van der Waals surface area contributed by atoms with E-state index in [4.69, 9.17) is 14.2 Å². The van der Waals surface area contributed by atoms with Gasteiger partial charge in [-0.3, -0.25) is 4.90 Å². The van der Waals surface area contributed by atoms with E-state index < -0.39 is 29.9 Å². The lowest BCUT2D eigenvalue weighted by atomic mass is 10.2. The SMILES string of the molecule is COC(=O)[C@@H]1COC([C@@H]2COC(C)(C)N2C(=O)OCc2ccccc2)=N1. The van der Waals surface area contributed by atoms with Crippen molar-refractivity contribution in [2.45, 2.75) is 38.3 Å². The lowest BCUT2D eigenvalue weighted by Gasteiger charge is -2.32. The zero-order valence-electron chi connectivity index (χ0n) is 15.0. The maximum atomic E-state index is 12.7. The summed E-state index contributed by atoms with van der Waals surface area (Å²) in [4.78, 5) is 30.0. The van der Waals surface area contributed by atoms with E-state index in [9.17, 15) is 9.59 Å². The van der Waals surface area contributed by atoms with E-state index >= 15 is 0 Å². The monoisotopic (exact) mass is 362 g/mol. The second-order valence-electron chi connectivity index (χ2n) is 6.50. The van der Waals surface area contributed by atoms with Crippen LogP contribution in [0.25, 0.3) is 0 Å². The van der Waals surface area contributed by atoms with Crippen LogP contribution in [0.1, 0.15) is 19.4 Å². The van der Waals surface area contributed by atoms with Crippen LogP contribution in [-0.2, 0) is 30.3 Å². The molecule has 2 aliphatic heterocycles. The second-order valence-corrected chi connectivity index (χ2v) is 6.50. The quantitative estimate of drug-likeness (QED) is 0.758. The topological polar surface area (TPSA) is 86.7 Å². The lowest BCUT2D eigenvalue weighted by Crippen LogP contribution is -2.50. The maximum absolute atomic E-state index is 12.7. The largest absolute Gasteiger partial charge is 0.476 e. The Bertz CT molecular complexity index is 703. The van der Waals surface area contributed by atoms with Gasteiger partial charge in [-0.25, -0.2) is 14.6 Å². The van der Waals surface area contributed by atoms with Crippen molar-refractivity contribution in [3.63, 3.8) is 0 Å². The normalized spacial score (nSPS) is 24.0. The predicted molar refractivity (Wildman–Crippen MR) is 91.5 cm³/mol. The van der Waals surface area contributed by atoms with Gasteiger partial charge in [0.25, 0.3) is 0 Å². The van der Waals surface area contributed by atoms with Gasteiger partial charge in [0.2, 0.25) is 5.90 Å². The fourth-order valence-corrected chi connectivity index (χ4v) is 2.95. The average molecular weight is 362 g/mol. The number of ether oxygens (including phenoxy) is 4. The minimum Gasteiger partial charge on any atom is -0.476 e. The van der Waals surface area contributed by atoms with Crippen LogP contribution < -0.4 is 0 Å². The van der Waals surface area contributed by atoms with Crippen LogP contribution in [0, 0.1) is 0 Å². The predicted octanol–water partition coefficient (Wildman–Crippen LogP) is 1.73. The van der Waals surface area contributed by atoms with Gasteiger partial charge in [0.1, 0.15) is 25.0 Å². The summed E-state index contributed by atoms with van der Waals surface area (Å²) < 4.78 is 21.4. The van der Waals surface area contributed by atoms with Crippen LogP contribution in [0.15, 0.2) is 35.3 Å². The highest BCUT2D eigenvalue weighted by molar-refractivity contribution is 5.91. The smallest absolute Gasteiger partial charge is 0.413 e. The van der Waals surface area contributed by atoms with Gasteiger partial charge < -0.3 is 18.9 Å². The molecule has 1 amide bonds. The number of carbonyl (C=O) groups is 2. The molecule has 1 aromatic carbocycles. The van der Waals surface area contributed by atoms with Crippen molar-refractivity contribution in [2.75, 3.05) is 20.3 Å². The second kappa shape index (κ2) is 7.33. The summed E-state index contributed by atoms with van der Waals surface area (Å²) in [5.74, 6) is -0.195. The van der Waals surface area contributed by atoms with Crippen LogP contribution in [0.3, 0.4) is 0 Å². The molecule has 0 aliphatic carbocycles. The molecular formula is C18H22N2O6. The highest BCUT2D eigenvalue weighted by Crippen LogP contribution is 2.30. The first-order chi connectivity index (χ1) is 12.4. The molecule has 0 N–H and O–H groups in total. The summed E-state index contributed by atoms with van der Waals surface area (Å²) in [6.45, 7) is 3.98. The summed E-state index contributed by atoms with van der Waals surface area (Å²) in [6, 6.07) is 8.13. The number of methoxy groups -OCH3 is 1. The third-order valence-electron chi connectivity index (χ3n) is 4.32. The van der Waals surface area contributed by atoms with Crippen molar-refractivity contribution in [3.05, 3.63) is 35.9 Å². The molecule has 0 spiro atoms. The summed E-state index contributed by atoms with van der Waals surface area (Å²) in [6.07, 6.45) is -0.533. The molecule has 1 aromatic rings. The minimum atomic E-state index is -0.881. The van der Waals surface area contributed by atoms with Gasteiger partial charge in [-0.05, 0) is 19.4 Å². The van der Waals surface area contributed by atoms with Gasteiger partial charge in [0, 0.05) is 0 Å². The molecule has 2 atom stereocenters. The Morgan fingerprint density at radius 1 is 1.27 bits per heavy atom. The van der Waals surface area contributed by atoms with Crippen LogP contribution in [0.4, 0.5) is 4.79 Å². The molecule has 0 aromatic heterocycles. The molecule has 1 saturated heterocycles. The van der Waals surface area contributed by atoms with Gasteiger partial charge in [-0.1, -0.05) is 30.3 Å². The fraction of sp³-hybridized carbons (Fsp3) is 0.500. The van der Waals surface area contributed by atoms with Gasteiger partial charge in [-0.2, -0.15) is 0 Å². The number of rotatable bonds is 4. The molecule has 8 heteroatoms. The Hall–Kier alpha value is -2.61. The third-order valence-corrected chi connectivity index (χ3v) is 4.32. The standard InChI is InChI=1S/C18H22N2O6/c1-18(2)20(17(22)25-9-12-7-5-4-6-8-12)14(11-26-18)15-19-13(10-24-15)16(21)23-3/h4-8,13-14H,9-11H2,1-3H3/t13-,14-/m0/s1. The average Bonchev–Trinajstić information content (AvgIpc) is 3.24. The summed E-state index contributed by atoms with van der Waals surface area (Å²) in [5.41, 5.74) is 0.00347. The van der Waals surface area contributed by atoms with Crippen LogP contribution in [-0.4, -0.2) is 61.0 Å². The molecule has 2 heterocycles. The van der Waals surface area contributed by atoms with E-state index in [0.717, 1.165) is 5.56 Å². The summed E-state index contributed by atoms with van der Waals surface area (Å²) >= 11 is 0. The Morgan fingerprint density at radius 3 is 2.69 bits per heavy atom. The Morgan fingerprint density at radius 2 is 2.00 bits per heavy atom. The first-order valence-corrected chi connectivity index (χ1v) is 8.34. The molecule has 1 fully saturated rings. The minimum absolute atomic E-state index is 0.0891. The van der Waals surface area contributed by atoms with E-state index in [0.29, 0.717) is 0 Å². The van der Waals surface area contributed by atoms with Crippen molar-refractivity contribution >= 4 is 18.0 Å². The lowest BCUT2D eigenvalue weighted by molar-refractivity contribution is -0.142. The number of hydrogen-bond donors (Lipinski definition) is 0. The molecule has 0 bridgehead atoms. The van der Waals surface area contributed by atoms with E-state index in [2.05, 4.69) is 9.73 Å². The molecule has 2 aliphatic rings. The van der Waals surface area contributed by atoms with Crippen LogP contribution in [0.2, 0.25) is 0 Å². The highest BCUT2D eigenvalue weighted by Gasteiger charge is 2.49. The van der Waals surface area contributed by atoms with Gasteiger partial charge in [0.15, 0.2) is 6.04 Å². The van der Waals surface area contributed by atoms with E-state index in [-0.39, 0.29) is 25.7 Å². The Labute approximate surface area is 151 Å². The maximum Gasteiger partial charge on any atom is 0.413 e. The number of carbonyl (C=O) groups excluding carboxylic acids is 2. The molecule has 26 heavy (non-hydrogen) atoms. The van der Waals surface area contributed by atoms with Gasteiger partial charge >= 0.3 is 12.1 Å². The van der Waals surface area contributed by atoms with Crippen molar-refractivity contribution in [3.8, 4) is 0 Å². The number of aliphatic imine (C=N–C) groups is 1. The van der Waals surface area contributed by atoms with Crippen LogP contribution >= 0.6 is 0 Å². The zero-order valence-corrected chi connectivity index (χ0v) is 15.0. The van der Waals surface area contributed by atoms with Crippen LogP contribution in [0.5, 0.6) is 0 Å². The van der Waals surface area contributed by atoms with Gasteiger partial charge in [0.05, 0.1) is 13.7 Å². The van der Waals surface area contributed by atoms with Crippen molar-refractivity contribution in [2.24, 2.45) is 4.99 Å². The summed E-state index contributed by atoms with van der Waals surface area (Å²) in [5, 5.41) is 0. The van der Waals surface area contributed by atoms with Crippen molar-refractivity contribution in [1.82, 2.24) is 4.90 Å². The number of esters is 1. The highest BCUT2D eigenvalue weighted by atomic mass is 16.6. The Kier molecular flexibility index (Phi) is 5.13. The fourth-order valence-electron chi connectivity index (χ4n) is 2.95. The molecule has 0 radical (unpaired) electrons. The number of hydrogen-bond acceptors (Lipinski definition) is 7. The third kappa shape index (κ3) is 3.65. The van der Waals surface area contributed by atoms with Gasteiger partial charge in [-0.15, -0.1) is 0 Å². The number of amides is 1. The van der Waals surface area contributed by atoms with E-state index in [1.807, 2.05) is 30.3 Å². The first-order valence-electron chi connectivity index (χ1n) is 8.34. The number of benzene rings is 1. The van der Waals surface area contributed by atoms with Crippen molar-refractivity contribution < 1.29 is 28.5 Å². The molecule has 8 nitrogen and oxygen atoms in total. The molecular weight excluding hydrogens is 340 g/mol. The first kappa shape index (κ1) is 18.2. The number of nitrogens with zero attached hydrogens (tertiary/aromatic N) is 2. The molecule has 0 saturated carbocycles. The van der Waals surface area contributed by atoms with Crippen molar-refractivity contribution in [1.29, 1.82) is 0 Å².